The van der Waals surface area contributed by atoms with E-state index in [-0.39, 0.29) is 29.8 Å². The number of nitrogens with one attached hydrogen (secondary N) is 1. The summed E-state index contributed by atoms with van der Waals surface area (Å²) in [6.45, 7) is 3.21. The highest BCUT2D eigenvalue weighted by Crippen LogP contribution is 2.78. The maximum atomic E-state index is 13.3. The molecule has 5 heteroatoms. The number of nitrogens with zero attached hydrogens (tertiary/aromatic N) is 2. The van der Waals surface area contributed by atoms with Gasteiger partial charge in [-0.3, -0.25) is 14.5 Å². The van der Waals surface area contributed by atoms with Crippen molar-refractivity contribution >= 4 is 11.8 Å². The number of benzene rings is 2. The Bertz CT molecular complexity index is 1060. The van der Waals surface area contributed by atoms with Gasteiger partial charge in [-0.2, -0.15) is 0 Å². The molecule has 1 saturated heterocycles. The monoisotopic (exact) mass is 469 g/mol. The fourth-order valence-corrected chi connectivity index (χ4v) is 9.21. The van der Waals surface area contributed by atoms with Gasteiger partial charge in [-0.15, -0.1) is 0 Å². The van der Waals surface area contributed by atoms with Gasteiger partial charge in [-0.25, -0.2) is 0 Å². The van der Waals surface area contributed by atoms with Crippen LogP contribution in [0.15, 0.2) is 60.7 Å². The Balaban J connectivity index is 0.974. The van der Waals surface area contributed by atoms with Crippen LogP contribution in [0.25, 0.3) is 0 Å². The molecule has 2 aromatic carbocycles. The first-order chi connectivity index (χ1) is 17.1. The first kappa shape index (κ1) is 21.6. The minimum atomic E-state index is -0.140. The van der Waals surface area contributed by atoms with E-state index in [1.807, 2.05) is 4.90 Å². The van der Waals surface area contributed by atoms with Gasteiger partial charge in [-0.1, -0.05) is 60.7 Å². The minimum absolute atomic E-state index is 0.0632. The number of rotatable bonds is 6. The van der Waals surface area contributed by atoms with Gasteiger partial charge in [0.05, 0.1) is 18.0 Å². The summed E-state index contributed by atoms with van der Waals surface area (Å²) in [6.07, 6.45) is 4.87. The van der Waals surface area contributed by atoms with Crippen molar-refractivity contribution in [1.82, 2.24) is 15.1 Å². The number of hydrogen-bond acceptors (Lipinski definition) is 3. The first-order valence-electron chi connectivity index (χ1n) is 13.5. The van der Waals surface area contributed by atoms with Crippen LogP contribution in [0, 0.1) is 35.0 Å². The number of amides is 2. The normalized spacial score (nSPS) is 34.8. The Morgan fingerprint density at radius 1 is 0.829 bits per heavy atom. The van der Waals surface area contributed by atoms with Crippen molar-refractivity contribution in [1.29, 1.82) is 0 Å². The van der Waals surface area contributed by atoms with Crippen LogP contribution >= 0.6 is 0 Å². The average Bonchev–Trinajstić information content (AvgIpc) is 3.63. The highest BCUT2D eigenvalue weighted by Gasteiger charge is 2.74. The van der Waals surface area contributed by atoms with E-state index in [9.17, 15) is 9.59 Å². The summed E-state index contributed by atoms with van der Waals surface area (Å²) in [5.74, 6) is 4.04. The lowest BCUT2D eigenvalue weighted by molar-refractivity contribution is -0.141. The molecule has 1 heterocycles. The molecule has 0 aromatic heterocycles. The molecule has 182 valence electrons. The molecule has 0 radical (unpaired) electrons. The van der Waals surface area contributed by atoms with E-state index in [1.165, 1.54) is 24.0 Å². The second-order valence-corrected chi connectivity index (χ2v) is 11.7. The Hall–Kier alpha value is -2.66. The summed E-state index contributed by atoms with van der Waals surface area (Å²) in [5.41, 5.74) is 2.42. The number of carbonyl (C=O) groups is 2. The summed E-state index contributed by atoms with van der Waals surface area (Å²) >= 11 is 0. The predicted octanol–water partition coefficient (Wildman–Crippen LogP) is 3.72. The van der Waals surface area contributed by atoms with Crippen molar-refractivity contribution in [3.63, 3.8) is 0 Å². The molecule has 2 aromatic rings. The van der Waals surface area contributed by atoms with Crippen LogP contribution in [0.5, 0.6) is 0 Å². The molecular weight excluding hydrogens is 434 g/mol. The molecule has 7 rings (SSSR count). The molecule has 3 atom stereocenters. The van der Waals surface area contributed by atoms with Gasteiger partial charge < -0.3 is 10.2 Å². The Kier molecular flexibility index (Phi) is 5.06. The summed E-state index contributed by atoms with van der Waals surface area (Å²) in [7, 11) is 0. The van der Waals surface area contributed by atoms with E-state index in [0.717, 1.165) is 49.6 Å². The molecule has 4 aliphatic carbocycles. The van der Waals surface area contributed by atoms with Crippen LogP contribution in [0.1, 0.15) is 42.9 Å². The standard InChI is InChI=1S/C30H35N3O2/c34-25(19-31-29(35)30-17-23-15-22-16-24(18-30)26(23)27(22)30)32-11-13-33(14-12-32)28(20-7-3-1-4-8-20)21-9-5-2-6-10-21/h1-10,22-24,26-28H,11-19H2,(H,31,35). The van der Waals surface area contributed by atoms with Gasteiger partial charge in [0.25, 0.3) is 0 Å². The van der Waals surface area contributed by atoms with Crippen molar-refractivity contribution in [2.24, 2.45) is 35.0 Å². The van der Waals surface area contributed by atoms with Crippen LogP contribution in [-0.4, -0.2) is 54.3 Å². The van der Waals surface area contributed by atoms with Gasteiger partial charge in [0.15, 0.2) is 0 Å². The van der Waals surface area contributed by atoms with Gasteiger partial charge in [0, 0.05) is 26.2 Å². The second-order valence-electron chi connectivity index (χ2n) is 11.7. The highest BCUT2D eigenvalue weighted by atomic mass is 16.2. The second kappa shape index (κ2) is 8.19. The Morgan fingerprint density at radius 2 is 1.40 bits per heavy atom. The van der Waals surface area contributed by atoms with Crippen LogP contribution in [0.3, 0.4) is 0 Å². The summed E-state index contributed by atoms with van der Waals surface area (Å²) in [6, 6.07) is 21.5. The molecule has 2 amide bonds. The molecule has 4 saturated carbocycles. The number of hydrogen-bond donors (Lipinski definition) is 1. The maximum absolute atomic E-state index is 13.3. The van der Waals surface area contributed by atoms with Crippen LogP contribution in [0.2, 0.25) is 0 Å². The zero-order valence-electron chi connectivity index (χ0n) is 20.3. The summed E-state index contributed by atoms with van der Waals surface area (Å²) < 4.78 is 0. The van der Waals surface area contributed by atoms with Gasteiger partial charge >= 0.3 is 0 Å². The van der Waals surface area contributed by atoms with Gasteiger partial charge in [0.2, 0.25) is 11.8 Å². The molecule has 1 N–H and O–H groups in total. The minimum Gasteiger partial charge on any atom is -0.347 e. The van der Waals surface area contributed by atoms with Crippen molar-refractivity contribution in [3.05, 3.63) is 71.8 Å². The molecule has 6 bridgehead atoms. The molecule has 1 aliphatic heterocycles. The Labute approximate surface area is 207 Å². The smallest absolute Gasteiger partial charge is 0.242 e. The third kappa shape index (κ3) is 3.31. The van der Waals surface area contributed by atoms with E-state index in [2.05, 4.69) is 70.9 Å². The predicted molar refractivity (Wildman–Crippen MR) is 134 cm³/mol. The van der Waals surface area contributed by atoms with E-state index in [1.54, 1.807) is 0 Å². The molecular formula is C30H35N3O2. The lowest BCUT2D eigenvalue weighted by atomic mass is 9.60. The van der Waals surface area contributed by atoms with Crippen molar-refractivity contribution in [2.75, 3.05) is 32.7 Å². The quantitative estimate of drug-likeness (QED) is 0.702. The fourth-order valence-electron chi connectivity index (χ4n) is 9.21. The lowest BCUT2D eigenvalue weighted by Gasteiger charge is -2.44. The summed E-state index contributed by atoms with van der Waals surface area (Å²) in [5, 5.41) is 3.11. The van der Waals surface area contributed by atoms with Crippen molar-refractivity contribution in [2.45, 2.75) is 31.7 Å². The molecule has 5 aliphatic rings. The third-order valence-corrected chi connectivity index (χ3v) is 10.2. The molecule has 3 unspecified atom stereocenters. The van der Waals surface area contributed by atoms with Gasteiger partial charge in [-0.05, 0) is 66.4 Å². The van der Waals surface area contributed by atoms with Crippen LogP contribution in [-0.2, 0) is 9.59 Å². The molecule has 0 spiro atoms. The van der Waals surface area contributed by atoms with E-state index < -0.39 is 0 Å². The topological polar surface area (TPSA) is 52.7 Å². The van der Waals surface area contributed by atoms with E-state index in [4.69, 9.17) is 0 Å². The first-order valence-corrected chi connectivity index (χ1v) is 13.5. The maximum Gasteiger partial charge on any atom is 0.242 e. The zero-order valence-corrected chi connectivity index (χ0v) is 20.3. The van der Waals surface area contributed by atoms with E-state index >= 15 is 0 Å². The van der Waals surface area contributed by atoms with Gasteiger partial charge in [0.1, 0.15) is 0 Å². The van der Waals surface area contributed by atoms with Crippen LogP contribution in [0.4, 0.5) is 0 Å². The van der Waals surface area contributed by atoms with E-state index in [0.29, 0.717) is 19.0 Å². The molecule has 5 nitrogen and oxygen atoms in total. The van der Waals surface area contributed by atoms with Crippen molar-refractivity contribution < 1.29 is 9.59 Å². The number of carbonyl (C=O) groups excluding carboxylic acids is 2. The molecule has 5 fully saturated rings. The van der Waals surface area contributed by atoms with Crippen LogP contribution < -0.4 is 5.32 Å². The highest BCUT2D eigenvalue weighted by molar-refractivity contribution is 5.89. The Morgan fingerprint density at radius 3 is 1.91 bits per heavy atom. The SMILES string of the molecule is O=C(CNC(=O)C12CC3CC4CC(C1)C3C42)N1CCN(C(c2ccccc2)c2ccccc2)CC1. The fraction of sp³-hybridized carbons (Fsp3) is 0.533. The largest absolute Gasteiger partial charge is 0.347 e. The number of piperazine rings is 1. The third-order valence-electron chi connectivity index (χ3n) is 10.2. The zero-order chi connectivity index (χ0) is 23.6. The lowest BCUT2D eigenvalue weighted by Crippen LogP contribution is -2.54. The van der Waals surface area contributed by atoms with Crippen molar-refractivity contribution in [3.8, 4) is 0 Å². The molecule has 35 heavy (non-hydrogen) atoms. The average molecular weight is 470 g/mol. The summed E-state index contributed by atoms with van der Waals surface area (Å²) in [4.78, 5) is 30.8.